The van der Waals surface area contributed by atoms with Crippen molar-refractivity contribution in [1.29, 1.82) is 0 Å². The third-order valence-electron chi connectivity index (χ3n) is 3.22. The summed E-state index contributed by atoms with van der Waals surface area (Å²) in [6, 6.07) is 6.94. The molecule has 3 N–H and O–H groups in total. The fourth-order valence-electron chi connectivity index (χ4n) is 2.27. The number of nitrogens with two attached hydrogens (primary N) is 1. The molecule has 1 saturated heterocycles. The molecule has 0 bridgehead atoms. The lowest BCUT2D eigenvalue weighted by Crippen LogP contribution is -2.29. The van der Waals surface area contributed by atoms with Crippen molar-refractivity contribution in [2.24, 2.45) is 5.92 Å². The first-order valence-electron chi connectivity index (χ1n) is 5.72. The minimum atomic E-state index is -2.98. The molecule has 0 spiro atoms. The van der Waals surface area contributed by atoms with Gasteiger partial charge in [-0.2, -0.15) is 0 Å². The van der Waals surface area contributed by atoms with Crippen molar-refractivity contribution in [1.82, 2.24) is 0 Å². The van der Waals surface area contributed by atoms with E-state index in [1.165, 1.54) is 0 Å². The highest BCUT2D eigenvalue weighted by molar-refractivity contribution is 7.91. The summed E-state index contributed by atoms with van der Waals surface area (Å²) in [5, 5.41) is 10.2. The summed E-state index contributed by atoms with van der Waals surface area (Å²) in [6.07, 6.45) is 0.676. The van der Waals surface area contributed by atoms with Crippen LogP contribution < -0.4 is 5.73 Å². The van der Waals surface area contributed by atoms with Crippen molar-refractivity contribution < 1.29 is 13.5 Å². The Labute approximate surface area is 101 Å². The highest BCUT2D eigenvalue weighted by Gasteiger charge is 2.30. The average Bonchev–Trinajstić information content (AvgIpc) is 2.28. The summed E-state index contributed by atoms with van der Waals surface area (Å²) in [7, 11) is -2.98. The van der Waals surface area contributed by atoms with Crippen LogP contribution in [0.25, 0.3) is 0 Å². The summed E-state index contributed by atoms with van der Waals surface area (Å²) < 4.78 is 23.0. The largest absolute Gasteiger partial charge is 0.399 e. The van der Waals surface area contributed by atoms with E-state index in [0.717, 1.165) is 12.0 Å². The number of aliphatic hydroxyl groups is 1. The van der Waals surface area contributed by atoms with E-state index in [-0.39, 0.29) is 17.4 Å². The Balaban J connectivity index is 2.14. The van der Waals surface area contributed by atoms with Gasteiger partial charge in [0.15, 0.2) is 9.84 Å². The zero-order chi connectivity index (χ0) is 12.5. The second-order valence-electron chi connectivity index (χ2n) is 4.63. The van der Waals surface area contributed by atoms with Gasteiger partial charge in [-0.05, 0) is 30.5 Å². The summed E-state index contributed by atoms with van der Waals surface area (Å²) in [4.78, 5) is 0. The second-order valence-corrected chi connectivity index (χ2v) is 6.86. The topological polar surface area (TPSA) is 80.4 Å². The number of anilines is 1. The lowest BCUT2D eigenvalue weighted by molar-refractivity contribution is 0.112. The molecule has 2 unspecified atom stereocenters. The van der Waals surface area contributed by atoms with E-state index in [4.69, 9.17) is 5.73 Å². The summed E-state index contributed by atoms with van der Waals surface area (Å²) >= 11 is 0. The molecule has 1 fully saturated rings. The molecule has 0 aliphatic carbocycles. The van der Waals surface area contributed by atoms with Crippen molar-refractivity contribution in [3.8, 4) is 0 Å². The maximum atomic E-state index is 11.5. The first-order valence-corrected chi connectivity index (χ1v) is 7.54. The highest BCUT2D eigenvalue weighted by atomic mass is 32.2. The fourth-order valence-corrected chi connectivity index (χ4v) is 4.05. The Kier molecular flexibility index (Phi) is 3.40. The number of benzene rings is 1. The molecular formula is C12H17NO3S. The van der Waals surface area contributed by atoms with E-state index >= 15 is 0 Å². The molecule has 1 aliphatic rings. The number of rotatable bonds is 2. The summed E-state index contributed by atoms with van der Waals surface area (Å²) in [5.74, 6) is 0.133. The van der Waals surface area contributed by atoms with Gasteiger partial charge in [-0.1, -0.05) is 12.1 Å². The third-order valence-corrected chi connectivity index (χ3v) is 5.07. The molecule has 94 valence electrons. The van der Waals surface area contributed by atoms with E-state index in [1.54, 1.807) is 24.3 Å². The third kappa shape index (κ3) is 2.98. The van der Waals surface area contributed by atoms with Gasteiger partial charge in [0.1, 0.15) is 0 Å². The average molecular weight is 255 g/mol. The van der Waals surface area contributed by atoms with Crippen LogP contribution in [0, 0.1) is 5.92 Å². The number of hydrogen-bond donors (Lipinski definition) is 2. The van der Waals surface area contributed by atoms with Gasteiger partial charge in [0.05, 0.1) is 17.6 Å². The Bertz CT molecular complexity index is 481. The van der Waals surface area contributed by atoms with Crippen LogP contribution in [-0.4, -0.2) is 25.0 Å². The van der Waals surface area contributed by atoms with E-state index in [1.807, 2.05) is 0 Å². The van der Waals surface area contributed by atoms with Crippen LogP contribution in [0.1, 0.15) is 24.5 Å². The molecule has 1 aromatic rings. The number of aliphatic hydroxyl groups excluding tert-OH is 1. The minimum Gasteiger partial charge on any atom is -0.399 e. The van der Waals surface area contributed by atoms with E-state index in [2.05, 4.69) is 0 Å². The molecule has 0 radical (unpaired) electrons. The Hall–Kier alpha value is -1.07. The predicted octanol–water partition coefficient (Wildman–Crippen LogP) is 1.13. The zero-order valence-corrected chi connectivity index (χ0v) is 10.4. The lowest BCUT2D eigenvalue weighted by atomic mass is 9.93. The van der Waals surface area contributed by atoms with Crippen molar-refractivity contribution in [3.05, 3.63) is 29.8 Å². The normalized spacial score (nSPS) is 25.4. The number of hydrogen-bond acceptors (Lipinski definition) is 4. The van der Waals surface area contributed by atoms with Gasteiger partial charge in [0.25, 0.3) is 0 Å². The van der Waals surface area contributed by atoms with Gasteiger partial charge < -0.3 is 10.8 Å². The second kappa shape index (κ2) is 4.66. The quantitative estimate of drug-likeness (QED) is 0.776. The van der Waals surface area contributed by atoms with Crippen LogP contribution in [0.4, 0.5) is 5.69 Å². The van der Waals surface area contributed by atoms with Crippen LogP contribution in [-0.2, 0) is 9.84 Å². The van der Waals surface area contributed by atoms with Gasteiger partial charge >= 0.3 is 0 Å². The molecule has 0 saturated carbocycles. The molecule has 2 rings (SSSR count). The molecule has 0 aromatic heterocycles. The molecule has 4 nitrogen and oxygen atoms in total. The first kappa shape index (κ1) is 12.4. The highest BCUT2D eigenvalue weighted by Crippen LogP contribution is 2.30. The zero-order valence-electron chi connectivity index (χ0n) is 9.54. The maximum absolute atomic E-state index is 11.5. The minimum absolute atomic E-state index is 0.0819. The van der Waals surface area contributed by atoms with Crippen molar-refractivity contribution in [2.45, 2.75) is 18.9 Å². The van der Waals surface area contributed by atoms with Crippen molar-refractivity contribution in [2.75, 3.05) is 17.2 Å². The van der Waals surface area contributed by atoms with Gasteiger partial charge in [-0.25, -0.2) is 8.42 Å². The Morgan fingerprint density at radius 1 is 1.29 bits per heavy atom. The molecular weight excluding hydrogens is 238 g/mol. The summed E-state index contributed by atoms with van der Waals surface area (Å²) in [6.45, 7) is 0. The molecule has 17 heavy (non-hydrogen) atoms. The van der Waals surface area contributed by atoms with Crippen LogP contribution in [0.2, 0.25) is 0 Å². The SMILES string of the molecule is Nc1ccc(C(O)C2CCCS(=O)(=O)C2)cc1. The fraction of sp³-hybridized carbons (Fsp3) is 0.500. The van der Waals surface area contributed by atoms with Crippen LogP contribution in [0.15, 0.2) is 24.3 Å². The van der Waals surface area contributed by atoms with E-state index < -0.39 is 15.9 Å². The van der Waals surface area contributed by atoms with Gasteiger partial charge in [-0.15, -0.1) is 0 Å². The van der Waals surface area contributed by atoms with Crippen molar-refractivity contribution >= 4 is 15.5 Å². The summed E-state index contributed by atoms with van der Waals surface area (Å²) in [5.41, 5.74) is 6.94. The molecule has 1 aliphatic heterocycles. The molecule has 2 atom stereocenters. The van der Waals surface area contributed by atoms with E-state index in [9.17, 15) is 13.5 Å². The predicted molar refractivity (Wildman–Crippen MR) is 67.2 cm³/mol. The van der Waals surface area contributed by atoms with Crippen LogP contribution in [0.3, 0.4) is 0 Å². The smallest absolute Gasteiger partial charge is 0.150 e. The maximum Gasteiger partial charge on any atom is 0.150 e. The van der Waals surface area contributed by atoms with Gasteiger partial charge in [0, 0.05) is 11.6 Å². The first-order chi connectivity index (χ1) is 7.98. The number of nitrogen functional groups attached to an aromatic ring is 1. The Morgan fingerprint density at radius 3 is 2.53 bits per heavy atom. The molecule has 5 heteroatoms. The molecule has 1 aromatic carbocycles. The molecule has 1 heterocycles. The van der Waals surface area contributed by atoms with Crippen LogP contribution >= 0.6 is 0 Å². The van der Waals surface area contributed by atoms with Gasteiger partial charge in [-0.3, -0.25) is 0 Å². The standard InChI is InChI=1S/C12H17NO3S/c13-11-5-3-9(4-6-11)12(14)10-2-1-7-17(15,16)8-10/h3-6,10,12,14H,1-2,7-8,13H2. The van der Waals surface area contributed by atoms with Crippen LogP contribution in [0.5, 0.6) is 0 Å². The number of sulfone groups is 1. The van der Waals surface area contributed by atoms with Gasteiger partial charge in [0.2, 0.25) is 0 Å². The Morgan fingerprint density at radius 2 is 1.94 bits per heavy atom. The monoisotopic (exact) mass is 255 g/mol. The van der Waals surface area contributed by atoms with E-state index in [0.29, 0.717) is 12.1 Å². The lowest BCUT2D eigenvalue weighted by Gasteiger charge is -2.26. The molecule has 0 amide bonds. The van der Waals surface area contributed by atoms with Crippen molar-refractivity contribution in [3.63, 3.8) is 0 Å².